The lowest BCUT2D eigenvalue weighted by atomic mass is 10.2. The van der Waals surface area contributed by atoms with Crippen LogP contribution in [0.5, 0.6) is 5.75 Å². The van der Waals surface area contributed by atoms with E-state index in [0.29, 0.717) is 16.5 Å². The molecule has 30 heavy (non-hydrogen) atoms. The summed E-state index contributed by atoms with van der Waals surface area (Å²) in [5.74, 6) is -0.0669. The van der Waals surface area contributed by atoms with Gasteiger partial charge in [0.15, 0.2) is 5.16 Å². The van der Waals surface area contributed by atoms with Gasteiger partial charge in [0.25, 0.3) is 0 Å². The van der Waals surface area contributed by atoms with Gasteiger partial charge in [0.2, 0.25) is 15.7 Å². The van der Waals surface area contributed by atoms with Crippen LogP contribution in [0.2, 0.25) is 5.02 Å². The fraction of sp³-hybridized carbons (Fsp3) is 0.167. The molecule has 0 spiro atoms. The van der Waals surface area contributed by atoms with Crippen LogP contribution in [-0.4, -0.2) is 37.2 Å². The number of thioether (sulfide) groups is 1. The first-order chi connectivity index (χ1) is 14.2. The van der Waals surface area contributed by atoms with E-state index in [2.05, 4.69) is 15.3 Å². The van der Waals surface area contributed by atoms with Crippen molar-refractivity contribution in [3.05, 3.63) is 46.4 Å². The van der Waals surface area contributed by atoms with Gasteiger partial charge in [-0.2, -0.15) is 0 Å². The molecular weight excluding hydrogens is 468 g/mol. The van der Waals surface area contributed by atoms with E-state index in [0.717, 1.165) is 34.9 Å². The first kappa shape index (κ1) is 22.3. The third kappa shape index (κ3) is 4.86. The lowest BCUT2D eigenvalue weighted by molar-refractivity contribution is -0.113. The number of carbonyl (C=O) groups excluding carboxylic acids is 1. The highest BCUT2D eigenvalue weighted by Gasteiger charge is 2.23. The van der Waals surface area contributed by atoms with E-state index >= 15 is 0 Å². The van der Waals surface area contributed by atoms with Crippen molar-refractivity contribution in [3.8, 4) is 5.75 Å². The SMILES string of the molecule is COc1cc(Cl)c(C)cc1NC(=O)CSc1ncc(S(=O)(=O)c2cccs2)c(N)n1. The summed E-state index contributed by atoms with van der Waals surface area (Å²) in [6, 6.07) is 6.45. The Morgan fingerprint density at radius 3 is 2.80 bits per heavy atom. The zero-order chi connectivity index (χ0) is 21.9. The number of halogens is 1. The second kappa shape index (κ2) is 9.21. The first-order valence-electron chi connectivity index (χ1n) is 8.40. The van der Waals surface area contributed by atoms with E-state index < -0.39 is 9.84 Å². The number of sulfone groups is 1. The molecule has 1 aromatic carbocycles. The Hall–Kier alpha value is -2.34. The number of methoxy groups -OCH3 is 1. The molecule has 0 atom stereocenters. The molecule has 0 fully saturated rings. The van der Waals surface area contributed by atoms with E-state index in [1.807, 2.05) is 6.92 Å². The van der Waals surface area contributed by atoms with Gasteiger partial charge in [-0.25, -0.2) is 18.4 Å². The number of nitrogens with one attached hydrogen (secondary N) is 1. The van der Waals surface area contributed by atoms with Crippen molar-refractivity contribution in [1.29, 1.82) is 0 Å². The molecule has 0 aliphatic heterocycles. The Bertz CT molecular complexity index is 1180. The number of nitrogens with zero attached hydrogens (tertiary/aromatic N) is 2. The van der Waals surface area contributed by atoms with Crippen molar-refractivity contribution in [3.63, 3.8) is 0 Å². The average Bonchev–Trinajstić information content (AvgIpc) is 3.24. The van der Waals surface area contributed by atoms with Gasteiger partial charge in [0.1, 0.15) is 20.7 Å². The van der Waals surface area contributed by atoms with Crippen LogP contribution in [0.4, 0.5) is 11.5 Å². The lowest BCUT2D eigenvalue weighted by Gasteiger charge is -2.12. The van der Waals surface area contributed by atoms with E-state index in [1.165, 1.54) is 13.2 Å². The number of rotatable bonds is 7. The summed E-state index contributed by atoms with van der Waals surface area (Å²) < 4.78 is 30.5. The molecular formula is C18H17ClN4O4S3. The van der Waals surface area contributed by atoms with E-state index in [-0.39, 0.29) is 31.7 Å². The fourth-order valence-electron chi connectivity index (χ4n) is 2.41. The number of anilines is 2. The summed E-state index contributed by atoms with van der Waals surface area (Å²) in [6.45, 7) is 1.81. The predicted octanol–water partition coefficient (Wildman–Crippen LogP) is 3.65. The summed E-state index contributed by atoms with van der Waals surface area (Å²) in [5.41, 5.74) is 7.12. The monoisotopic (exact) mass is 484 g/mol. The molecule has 0 unspecified atom stereocenters. The highest BCUT2D eigenvalue weighted by molar-refractivity contribution is 7.99. The van der Waals surface area contributed by atoms with Crippen molar-refractivity contribution >= 4 is 61.9 Å². The van der Waals surface area contributed by atoms with Crippen LogP contribution >= 0.6 is 34.7 Å². The van der Waals surface area contributed by atoms with Gasteiger partial charge in [-0.1, -0.05) is 29.4 Å². The molecule has 12 heteroatoms. The second-order valence-corrected chi connectivity index (χ2v) is 10.4. The summed E-state index contributed by atoms with van der Waals surface area (Å²) in [4.78, 5) is 20.2. The summed E-state index contributed by atoms with van der Waals surface area (Å²) in [7, 11) is -2.30. The van der Waals surface area contributed by atoms with Crippen molar-refractivity contribution in [2.75, 3.05) is 23.9 Å². The minimum Gasteiger partial charge on any atom is -0.495 e. The quantitative estimate of drug-likeness (QED) is 0.384. The first-order valence-corrected chi connectivity index (χ1v) is 12.1. The molecule has 0 saturated heterocycles. The number of benzene rings is 1. The van der Waals surface area contributed by atoms with E-state index in [4.69, 9.17) is 22.1 Å². The number of thiophene rings is 1. The molecule has 0 bridgehead atoms. The predicted molar refractivity (Wildman–Crippen MR) is 118 cm³/mol. The van der Waals surface area contributed by atoms with Crippen molar-refractivity contribution in [1.82, 2.24) is 9.97 Å². The minimum absolute atomic E-state index is 0.0126. The molecule has 8 nitrogen and oxygen atoms in total. The smallest absolute Gasteiger partial charge is 0.234 e. The highest BCUT2D eigenvalue weighted by atomic mass is 35.5. The van der Waals surface area contributed by atoms with E-state index in [9.17, 15) is 13.2 Å². The van der Waals surface area contributed by atoms with Crippen molar-refractivity contribution in [2.45, 2.75) is 21.2 Å². The Morgan fingerprint density at radius 1 is 1.40 bits per heavy atom. The normalized spacial score (nSPS) is 11.3. The van der Waals surface area contributed by atoms with Gasteiger partial charge in [0.05, 0.1) is 24.7 Å². The lowest BCUT2D eigenvalue weighted by Crippen LogP contribution is -2.15. The Balaban J connectivity index is 1.69. The van der Waals surface area contributed by atoms with Gasteiger partial charge >= 0.3 is 0 Å². The molecule has 158 valence electrons. The van der Waals surface area contributed by atoms with Gasteiger partial charge in [-0.15, -0.1) is 11.3 Å². The minimum atomic E-state index is -3.78. The average molecular weight is 485 g/mol. The molecule has 0 aliphatic rings. The Morgan fingerprint density at radius 2 is 2.17 bits per heavy atom. The molecule has 1 amide bonds. The standard InChI is InChI=1S/C18H17ClN4O4S3/c1-10-6-12(13(27-2)7-11(10)19)22-15(24)9-29-18-21-8-14(17(20)23-18)30(25,26)16-4-3-5-28-16/h3-8H,9H2,1-2H3,(H,22,24)(H2,20,21,23). The summed E-state index contributed by atoms with van der Waals surface area (Å²) >= 11 is 8.18. The van der Waals surface area contributed by atoms with Crippen LogP contribution in [0.3, 0.4) is 0 Å². The number of carbonyl (C=O) groups is 1. The zero-order valence-corrected chi connectivity index (χ0v) is 19.1. The molecule has 0 saturated carbocycles. The third-order valence-electron chi connectivity index (χ3n) is 3.90. The Labute approximate surface area is 186 Å². The number of hydrogen-bond acceptors (Lipinski definition) is 9. The van der Waals surface area contributed by atoms with Gasteiger partial charge in [0, 0.05) is 11.1 Å². The van der Waals surface area contributed by atoms with Gasteiger partial charge < -0.3 is 15.8 Å². The van der Waals surface area contributed by atoms with Crippen LogP contribution in [0.1, 0.15) is 5.56 Å². The third-order valence-corrected chi connectivity index (χ3v) is 8.33. The van der Waals surface area contributed by atoms with E-state index in [1.54, 1.807) is 23.6 Å². The topological polar surface area (TPSA) is 124 Å². The van der Waals surface area contributed by atoms with Crippen LogP contribution in [0.25, 0.3) is 0 Å². The molecule has 0 aliphatic carbocycles. The number of aryl methyl sites for hydroxylation is 1. The number of hydrogen-bond donors (Lipinski definition) is 2. The van der Waals surface area contributed by atoms with Gasteiger partial charge in [-0.3, -0.25) is 4.79 Å². The maximum Gasteiger partial charge on any atom is 0.234 e. The van der Waals surface area contributed by atoms with Crippen LogP contribution in [-0.2, 0) is 14.6 Å². The number of amides is 1. The summed E-state index contributed by atoms with van der Waals surface area (Å²) in [6.07, 6.45) is 1.16. The van der Waals surface area contributed by atoms with Crippen molar-refractivity contribution < 1.29 is 17.9 Å². The maximum atomic E-state index is 12.6. The number of aromatic nitrogens is 2. The molecule has 0 radical (unpaired) electrons. The van der Waals surface area contributed by atoms with Crippen LogP contribution in [0.15, 0.2) is 50.1 Å². The van der Waals surface area contributed by atoms with Gasteiger partial charge in [-0.05, 0) is 30.0 Å². The highest BCUT2D eigenvalue weighted by Crippen LogP contribution is 2.31. The molecule has 2 aromatic heterocycles. The maximum absolute atomic E-state index is 12.6. The van der Waals surface area contributed by atoms with Crippen LogP contribution < -0.4 is 15.8 Å². The zero-order valence-electron chi connectivity index (χ0n) is 15.9. The largest absolute Gasteiger partial charge is 0.495 e. The Kier molecular flexibility index (Phi) is 6.86. The molecule has 3 rings (SSSR count). The number of nitrogens with two attached hydrogens (primary N) is 1. The van der Waals surface area contributed by atoms with Crippen LogP contribution in [0, 0.1) is 6.92 Å². The van der Waals surface area contributed by atoms with Crippen molar-refractivity contribution in [2.24, 2.45) is 0 Å². The second-order valence-electron chi connectivity index (χ2n) is 5.98. The molecule has 3 aromatic rings. The number of ether oxygens (including phenoxy) is 1. The molecule has 3 N–H and O–H groups in total. The molecule has 2 heterocycles. The summed E-state index contributed by atoms with van der Waals surface area (Å²) in [5, 5.41) is 5.12. The fourth-order valence-corrected chi connectivity index (χ4v) is 5.57. The number of nitrogen functional groups attached to an aromatic ring is 1.